The quantitative estimate of drug-likeness (QED) is 0.760. The van der Waals surface area contributed by atoms with E-state index in [2.05, 4.69) is 35.1 Å². The number of benzene rings is 1. The number of anilines is 1. The zero-order valence-electron chi connectivity index (χ0n) is 10.6. The summed E-state index contributed by atoms with van der Waals surface area (Å²) in [5, 5.41) is 2.70. The third-order valence-corrected chi connectivity index (χ3v) is 2.85. The van der Waals surface area contributed by atoms with Gasteiger partial charge in [-0.25, -0.2) is 8.78 Å². The molecule has 0 fully saturated rings. The second kappa shape index (κ2) is 7.69. The van der Waals surface area contributed by atoms with Crippen LogP contribution in [0.4, 0.5) is 14.5 Å². The second-order valence-corrected chi connectivity index (χ2v) is 5.38. The number of nitrogens with one attached hydrogen (secondary N) is 1. The van der Waals surface area contributed by atoms with Crippen LogP contribution in [-0.4, -0.2) is 19.8 Å². The first-order valence-corrected chi connectivity index (χ1v) is 6.76. The minimum atomic E-state index is -0.607. The summed E-state index contributed by atoms with van der Waals surface area (Å²) in [4.78, 5) is 0. The van der Waals surface area contributed by atoms with E-state index >= 15 is 0 Å². The van der Waals surface area contributed by atoms with Crippen molar-refractivity contribution >= 4 is 21.6 Å². The van der Waals surface area contributed by atoms with Crippen molar-refractivity contribution in [3.05, 3.63) is 28.2 Å². The van der Waals surface area contributed by atoms with Gasteiger partial charge in [-0.15, -0.1) is 0 Å². The Hall–Kier alpha value is -0.680. The topological polar surface area (TPSA) is 21.3 Å². The van der Waals surface area contributed by atoms with Crippen LogP contribution >= 0.6 is 15.9 Å². The summed E-state index contributed by atoms with van der Waals surface area (Å²) < 4.78 is 32.6. The van der Waals surface area contributed by atoms with Gasteiger partial charge in [0.05, 0.1) is 6.61 Å². The molecule has 0 aliphatic heterocycles. The van der Waals surface area contributed by atoms with Crippen LogP contribution in [0.25, 0.3) is 0 Å². The molecular formula is C13H18BrF2NO. The Labute approximate surface area is 115 Å². The van der Waals surface area contributed by atoms with Crippen molar-refractivity contribution in [3.8, 4) is 0 Å². The van der Waals surface area contributed by atoms with Gasteiger partial charge in [0.15, 0.2) is 0 Å². The van der Waals surface area contributed by atoms with Gasteiger partial charge >= 0.3 is 0 Å². The molecule has 0 radical (unpaired) electrons. The number of halogens is 3. The third kappa shape index (κ3) is 5.31. The van der Waals surface area contributed by atoms with Crippen molar-refractivity contribution in [1.29, 1.82) is 0 Å². The van der Waals surface area contributed by atoms with Crippen molar-refractivity contribution in [3.63, 3.8) is 0 Å². The highest BCUT2D eigenvalue weighted by atomic mass is 79.9. The number of hydrogen-bond donors (Lipinski definition) is 1. The van der Waals surface area contributed by atoms with Gasteiger partial charge in [-0.2, -0.15) is 0 Å². The average molecular weight is 322 g/mol. The number of ether oxygens (including phenoxy) is 1. The van der Waals surface area contributed by atoms with Gasteiger partial charge in [0.2, 0.25) is 0 Å². The monoisotopic (exact) mass is 321 g/mol. The summed E-state index contributed by atoms with van der Waals surface area (Å²) in [5.74, 6) is -0.618. The summed E-state index contributed by atoms with van der Waals surface area (Å²) in [7, 11) is 0. The molecule has 0 bridgehead atoms. The molecule has 0 saturated heterocycles. The van der Waals surface area contributed by atoms with Crippen LogP contribution in [0.5, 0.6) is 0 Å². The second-order valence-electron chi connectivity index (χ2n) is 4.47. The van der Waals surface area contributed by atoms with Crippen LogP contribution in [0.2, 0.25) is 0 Å². The normalized spacial score (nSPS) is 11.0. The van der Waals surface area contributed by atoms with Gasteiger partial charge in [0.1, 0.15) is 17.3 Å². The van der Waals surface area contributed by atoms with Crippen molar-refractivity contribution in [2.45, 2.75) is 20.3 Å². The Balaban J connectivity index is 2.31. The molecule has 0 atom stereocenters. The maximum absolute atomic E-state index is 13.4. The first kappa shape index (κ1) is 15.4. The number of hydrogen-bond acceptors (Lipinski definition) is 2. The summed E-state index contributed by atoms with van der Waals surface area (Å²) in [6, 6.07) is 2.45. The van der Waals surface area contributed by atoms with E-state index in [-0.39, 0.29) is 5.69 Å². The van der Waals surface area contributed by atoms with Crippen LogP contribution in [-0.2, 0) is 4.74 Å². The first-order valence-electron chi connectivity index (χ1n) is 5.97. The molecule has 0 aromatic heterocycles. The zero-order chi connectivity index (χ0) is 13.5. The Kier molecular flexibility index (Phi) is 6.57. The van der Waals surface area contributed by atoms with E-state index in [1.807, 2.05) is 0 Å². The van der Waals surface area contributed by atoms with E-state index in [4.69, 9.17) is 4.74 Å². The van der Waals surface area contributed by atoms with Gasteiger partial charge < -0.3 is 10.1 Å². The molecule has 0 heterocycles. The van der Waals surface area contributed by atoms with Crippen molar-refractivity contribution in [2.24, 2.45) is 5.92 Å². The van der Waals surface area contributed by atoms with Gasteiger partial charge in [0.25, 0.3) is 0 Å². The maximum Gasteiger partial charge on any atom is 0.150 e. The molecule has 0 aliphatic rings. The molecule has 0 unspecified atom stereocenters. The van der Waals surface area contributed by atoms with Gasteiger partial charge in [0, 0.05) is 17.6 Å². The molecule has 1 rings (SSSR count). The predicted octanol–water partition coefficient (Wildman–Crippen LogP) is 4.20. The summed E-state index contributed by atoms with van der Waals surface area (Å²) in [6.07, 6.45) is 0.987. The fourth-order valence-electron chi connectivity index (χ4n) is 1.38. The lowest BCUT2D eigenvalue weighted by Crippen LogP contribution is -2.12. The molecule has 0 saturated carbocycles. The molecular weight excluding hydrogens is 304 g/mol. The lowest BCUT2D eigenvalue weighted by atomic mass is 10.1. The molecule has 1 aromatic carbocycles. The fraction of sp³-hybridized carbons (Fsp3) is 0.538. The molecule has 0 aliphatic carbocycles. The van der Waals surface area contributed by atoms with Gasteiger partial charge in [-0.1, -0.05) is 29.8 Å². The SMILES string of the molecule is CC(C)CCOCCNc1c(F)cc(Br)cc1F. The van der Waals surface area contributed by atoms with Crippen LogP contribution in [0.1, 0.15) is 20.3 Å². The smallest absolute Gasteiger partial charge is 0.150 e. The molecule has 18 heavy (non-hydrogen) atoms. The summed E-state index contributed by atoms with van der Waals surface area (Å²) in [6.45, 7) is 5.72. The molecule has 102 valence electrons. The van der Waals surface area contributed by atoms with Crippen molar-refractivity contribution < 1.29 is 13.5 Å². The molecule has 1 N–H and O–H groups in total. The maximum atomic E-state index is 13.4. The fourth-order valence-corrected chi connectivity index (χ4v) is 1.78. The van der Waals surface area contributed by atoms with E-state index in [1.54, 1.807) is 0 Å². The van der Waals surface area contributed by atoms with Gasteiger partial charge in [-0.3, -0.25) is 0 Å². The van der Waals surface area contributed by atoms with Gasteiger partial charge in [-0.05, 0) is 24.5 Å². The summed E-state index contributed by atoms with van der Waals surface area (Å²) >= 11 is 3.03. The predicted molar refractivity (Wildman–Crippen MR) is 72.8 cm³/mol. The molecule has 5 heteroatoms. The highest BCUT2D eigenvalue weighted by Gasteiger charge is 2.09. The average Bonchev–Trinajstić information content (AvgIpc) is 2.25. The Morgan fingerprint density at radius 2 is 1.83 bits per heavy atom. The van der Waals surface area contributed by atoms with Crippen LogP contribution in [0.15, 0.2) is 16.6 Å². The highest BCUT2D eigenvalue weighted by Crippen LogP contribution is 2.23. The Morgan fingerprint density at radius 3 is 2.39 bits per heavy atom. The van der Waals surface area contributed by atoms with Crippen LogP contribution in [0.3, 0.4) is 0 Å². The van der Waals surface area contributed by atoms with E-state index < -0.39 is 11.6 Å². The largest absolute Gasteiger partial charge is 0.380 e. The molecule has 0 amide bonds. The minimum absolute atomic E-state index is 0.106. The number of rotatable bonds is 7. The lowest BCUT2D eigenvalue weighted by molar-refractivity contribution is 0.132. The van der Waals surface area contributed by atoms with E-state index in [0.717, 1.165) is 6.42 Å². The van der Waals surface area contributed by atoms with Crippen molar-refractivity contribution in [2.75, 3.05) is 25.1 Å². The zero-order valence-corrected chi connectivity index (χ0v) is 12.2. The Bertz CT molecular complexity index is 362. The summed E-state index contributed by atoms with van der Waals surface area (Å²) in [5.41, 5.74) is -0.106. The van der Waals surface area contributed by atoms with E-state index in [0.29, 0.717) is 30.1 Å². The molecule has 1 aromatic rings. The first-order chi connectivity index (χ1) is 8.50. The van der Waals surface area contributed by atoms with E-state index in [9.17, 15) is 8.78 Å². The van der Waals surface area contributed by atoms with Crippen LogP contribution < -0.4 is 5.32 Å². The lowest BCUT2D eigenvalue weighted by Gasteiger charge is -2.10. The Morgan fingerprint density at radius 1 is 1.22 bits per heavy atom. The molecule has 0 spiro atoms. The highest BCUT2D eigenvalue weighted by molar-refractivity contribution is 9.10. The standard InChI is InChI=1S/C13H18BrF2NO/c1-9(2)3-5-18-6-4-17-13-11(15)7-10(14)8-12(13)16/h7-9,17H,3-6H2,1-2H3. The molecule has 2 nitrogen and oxygen atoms in total. The van der Waals surface area contributed by atoms with Crippen LogP contribution in [0, 0.1) is 17.6 Å². The van der Waals surface area contributed by atoms with E-state index in [1.165, 1.54) is 12.1 Å². The third-order valence-electron chi connectivity index (χ3n) is 2.39. The minimum Gasteiger partial charge on any atom is -0.380 e. The van der Waals surface area contributed by atoms with Crippen molar-refractivity contribution in [1.82, 2.24) is 0 Å².